The standard InChI is InChI=1S/C10H7ClN4O3S2/c11-7-3-6(15(17)18)1-2-8(7)13-9(16)4-19-10-14-12-5-20-10/h1-3,5H,4H2,(H,13,16). The van der Waals surface area contributed by atoms with Crippen molar-refractivity contribution >= 4 is 52.0 Å². The summed E-state index contributed by atoms with van der Waals surface area (Å²) in [5.74, 6) is -0.122. The van der Waals surface area contributed by atoms with Gasteiger partial charge in [-0.3, -0.25) is 14.9 Å². The van der Waals surface area contributed by atoms with Crippen molar-refractivity contribution in [1.29, 1.82) is 0 Å². The number of aromatic nitrogens is 2. The van der Waals surface area contributed by atoms with E-state index in [9.17, 15) is 14.9 Å². The van der Waals surface area contributed by atoms with Crippen molar-refractivity contribution in [3.05, 3.63) is 38.8 Å². The molecule has 1 amide bonds. The highest BCUT2D eigenvalue weighted by Gasteiger charge is 2.12. The Hall–Kier alpha value is -1.71. The molecule has 20 heavy (non-hydrogen) atoms. The molecule has 0 unspecified atom stereocenters. The second kappa shape index (κ2) is 6.64. The van der Waals surface area contributed by atoms with Gasteiger partial charge in [0, 0.05) is 12.1 Å². The van der Waals surface area contributed by atoms with Gasteiger partial charge >= 0.3 is 0 Å². The van der Waals surface area contributed by atoms with E-state index in [1.807, 2.05) is 0 Å². The van der Waals surface area contributed by atoms with Crippen LogP contribution in [0.15, 0.2) is 28.0 Å². The van der Waals surface area contributed by atoms with Crippen LogP contribution in [0.5, 0.6) is 0 Å². The van der Waals surface area contributed by atoms with Crippen molar-refractivity contribution in [2.24, 2.45) is 0 Å². The third-order valence-corrected chi connectivity index (χ3v) is 4.28. The fourth-order valence-corrected chi connectivity index (χ4v) is 2.77. The number of carbonyl (C=O) groups is 1. The second-order valence-corrected chi connectivity index (χ2v) is 5.93. The fraction of sp³-hybridized carbons (Fsp3) is 0.100. The average molecular weight is 331 g/mol. The molecular formula is C10H7ClN4O3S2. The largest absolute Gasteiger partial charge is 0.324 e. The lowest BCUT2D eigenvalue weighted by molar-refractivity contribution is -0.384. The van der Waals surface area contributed by atoms with E-state index >= 15 is 0 Å². The first kappa shape index (κ1) is 14.7. The number of nitro benzene ring substituents is 1. The Morgan fingerprint density at radius 3 is 2.95 bits per heavy atom. The number of thioether (sulfide) groups is 1. The molecule has 1 N–H and O–H groups in total. The smallest absolute Gasteiger partial charge is 0.271 e. The Labute approximate surface area is 126 Å². The van der Waals surface area contributed by atoms with Crippen molar-refractivity contribution in [2.45, 2.75) is 4.34 Å². The number of halogens is 1. The summed E-state index contributed by atoms with van der Waals surface area (Å²) in [6.07, 6.45) is 0. The van der Waals surface area contributed by atoms with Crippen molar-refractivity contribution in [2.75, 3.05) is 11.1 Å². The van der Waals surface area contributed by atoms with Gasteiger partial charge in [-0.1, -0.05) is 34.7 Å². The van der Waals surface area contributed by atoms with Crippen molar-refractivity contribution in [3.8, 4) is 0 Å². The molecule has 0 bridgehead atoms. The molecule has 0 aliphatic heterocycles. The molecular weight excluding hydrogens is 324 g/mol. The molecule has 2 rings (SSSR count). The summed E-state index contributed by atoms with van der Waals surface area (Å²) in [7, 11) is 0. The number of rotatable bonds is 5. The lowest BCUT2D eigenvalue weighted by Crippen LogP contribution is -2.14. The van der Waals surface area contributed by atoms with Gasteiger partial charge in [0.05, 0.1) is 21.4 Å². The van der Waals surface area contributed by atoms with E-state index in [0.717, 1.165) is 0 Å². The van der Waals surface area contributed by atoms with Gasteiger partial charge in [-0.25, -0.2) is 0 Å². The molecule has 0 fully saturated rings. The average Bonchev–Trinajstić information content (AvgIpc) is 2.91. The zero-order valence-corrected chi connectivity index (χ0v) is 12.2. The minimum absolute atomic E-state index is 0.119. The quantitative estimate of drug-likeness (QED) is 0.514. The Morgan fingerprint density at radius 1 is 1.55 bits per heavy atom. The van der Waals surface area contributed by atoms with Crippen LogP contribution in [0, 0.1) is 10.1 Å². The summed E-state index contributed by atoms with van der Waals surface area (Å²) in [6, 6.07) is 3.86. The van der Waals surface area contributed by atoms with Crippen LogP contribution in [-0.4, -0.2) is 26.8 Å². The van der Waals surface area contributed by atoms with Crippen LogP contribution in [0.3, 0.4) is 0 Å². The molecule has 0 aliphatic rings. The monoisotopic (exact) mass is 330 g/mol. The Balaban J connectivity index is 1.95. The summed E-state index contributed by atoms with van der Waals surface area (Å²) < 4.78 is 0.690. The van der Waals surface area contributed by atoms with Crippen molar-refractivity contribution in [3.63, 3.8) is 0 Å². The van der Waals surface area contributed by atoms with Crippen molar-refractivity contribution in [1.82, 2.24) is 10.2 Å². The molecule has 0 aliphatic carbocycles. The molecule has 1 aromatic carbocycles. The van der Waals surface area contributed by atoms with Gasteiger partial charge in [-0.15, -0.1) is 10.2 Å². The molecule has 1 heterocycles. The zero-order chi connectivity index (χ0) is 14.5. The van der Waals surface area contributed by atoms with Gasteiger partial charge < -0.3 is 5.32 Å². The van der Waals surface area contributed by atoms with Crippen LogP contribution in [0.1, 0.15) is 0 Å². The number of nitrogens with one attached hydrogen (secondary N) is 1. The highest BCUT2D eigenvalue weighted by atomic mass is 35.5. The summed E-state index contributed by atoms with van der Waals surface area (Å²) in [6.45, 7) is 0. The Morgan fingerprint density at radius 2 is 2.35 bits per heavy atom. The predicted octanol–water partition coefficient (Wildman–Crippen LogP) is 2.83. The third-order valence-electron chi connectivity index (χ3n) is 2.10. The first-order valence-electron chi connectivity index (χ1n) is 5.19. The second-order valence-electron chi connectivity index (χ2n) is 3.46. The van der Waals surface area contributed by atoms with Gasteiger partial charge in [0.25, 0.3) is 5.69 Å². The number of non-ortho nitro benzene ring substituents is 1. The Bertz CT molecular complexity index is 635. The first-order chi connectivity index (χ1) is 9.56. The lowest BCUT2D eigenvalue weighted by atomic mass is 10.3. The van der Waals surface area contributed by atoms with E-state index in [0.29, 0.717) is 10.0 Å². The number of hydrogen-bond donors (Lipinski definition) is 1. The molecule has 104 valence electrons. The van der Waals surface area contributed by atoms with Gasteiger partial charge in [-0.05, 0) is 6.07 Å². The molecule has 0 spiro atoms. The molecule has 2 aromatic rings. The minimum Gasteiger partial charge on any atom is -0.324 e. The third kappa shape index (κ3) is 3.89. The number of amides is 1. The maximum atomic E-state index is 11.7. The highest BCUT2D eigenvalue weighted by molar-refractivity contribution is 8.01. The summed E-state index contributed by atoms with van der Waals surface area (Å²) >= 11 is 8.46. The molecule has 0 saturated heterocycles. The van der Waals surface area contributed by atoms with E-state index in [1.54, 1.807) is 5.51 Å². The number of nitro groups is 1. The van der Waals surface area contributed by atoms with Crippen LogP contribution < -0.4 is 5.32 Å². The van der Waals surface area contributed by atoms with E-state index in [-0.39, 0.29) is 22.4 Å². The maximum absolute atomic E-state index is 11.7. The van der Waals surface area contributed by atoms with Crippen LogP contribution in [-0.2, 0) is 4.79 Å². The topological polar surface area (TPSA) is 98.0 Å². The molecule has 0 atom stereocenters. The minimum atomic E-state index is -0.553. The summed E-state index contributed by atoms with van der Waals surface area (Å²) in [5, 5.41) is 20.7. The predicted molar refractivity (Wildman–Crippen MR) is 77.4 cm³/mol. The van der Waals surface area contributed by atoms with E-state index in [4.69, 9.17) is 11.6 Å². The first-order valence-corrected chi connectivity index (χ1v) is 7.43. The van der Waals surface area contributed by atoms with Crippen LogP contribution in [0.4, 0.5) is 11.4 Å². The van der Waals surface area contributed by atoms with Crippen LogP contribution in [0.25, 0.3) is 0 Å². The van der Waals surface area contributed by atoms with E-state index < -0.39 is 4.92 Å². The summed E-state index contributed by atoms with van der Waals surface area (Å²) in [4.78, 5) is 21.7. The molecule has 0 saturated carbocycles. The van der Waals surface area contributed by atoms with Gasteiger partial charge in [0.1, 0.15) is 5.51 Å². The molecule has 10 heteroatoms. The SMILES string of the molecule is O=C(CSc1nncs1)Nc1ccc([N+](=O)[O-])cc1Cl. The maximum Gasteiger partial charge on any atom is 0.271 e. The lowest BCUT2D eigenvalue weighted by Gasteiger charge is -2.06. The zero-order valence-electron chi connectivity index (χ0n) is 9.78. The molecule has 0 radical (unpaired) electrons. The van der Waals surface area contributed by atoms with Gasteiger partial charge in [-0.2, -0.15) is 0 Å². The molecule has 1 aromatic heterocycles. The molecule has 7 nitrogen and oxygen atoms in total. The van der Waals surface area contributed by atoms with Gasteiger partial charge in [0.2, 0.25) is 5.91 Å². The van der Waals surface area contributed by atoms with Crippen LogP contribution in [0.2, 0.25) is 5.02 Å². The number of benzene rings is 1. The van der Waals surface area contributed by atoms with E-state index in [1.165, 1.54) is 41.3 Å². The number of hydrogen-bond acceptors (Lipinski definition) is 7. The Kier molecular flexibility index (Phi) is 4.88. The van der Waals surface area contributed by atoms with Crippen molar-refractivity contribution < 1.29 is 9.72 Å². The number of nitrogens with zero attached hydrogens (tertiary/aromatic N) is 3. The number of anilines is 1. The van der Waals surface area contributed by atoms with Gasteiger partial charge in [0.15, 0.2) is 4.34 Å². The van der Waals surface area contributed by atoms with Crippen LogP contribution >= 0.6 is 34.7 Å². The fourth-order valence-electron chi connectivity index (χ4n) is 1.26. The summed E-state index contributed by atoms with van der Waals surface area (Å²) in [5.41, 5.74) is 1.78. The normalized spacial score (nSPS) is 10.2. The van der Waals surface area contributed by atoms with E-state index in [2.05, 4.69) is 15.5 Å². The number of carbonyl (C=O) groups excluding carboxylic acids is 1. The highest BCUT2D eigenvalue weighted by Crippen LogP contribution is 2.27.